The fourth-order valence-corrected chi connectivity index (χ4v) is 6.18. The third kappa shape index (κ3) is 4.95. The fraction of sp³-hybridized carbons (Fsp3) is 0.500. The first-order valence-corrected chi connectivity index (χ1v) is 14.6. The average Bonchev–Trinajstić information content (AvgIpc) is 3.54. The Labute approximate surface area is 223 Å². The van der Waals surface area contributed by atoms with Crippen LogP contribution in [-0.4, -0.2) is 112 Å². The summed E-state index contributed by atoms with van der Waals surface area (Å²) in [5.74, 6) is -0.151. The number of ether oxygens (including phenoxy) is 1. The lowest BCUT2D eigenvalue weighted by Gasteiger charge is -2.39. The molecule has 0 bridgehead atoms. The number of piperazine rings is 1. The summed E-state index contributed by atoms with van der Waals surface area (Å²) in [6.45, 7) is 4.76. The molecule has 2 aliphatic heterocycles. The number of nitrogens with zero attached hydrogens (tertiary/aromatic N) is 9. The van der Waals surface area contributed by atoms with Crippen LogP contribution in [0.3, 0.4) is 0 Å². The number of imidazole rings is 2. The number of sulfonamides is 1. The maximum Gasteiger partial charge on any atom is 0.296 e. The van der Waals surface area contributed by atoms with E-state index < -0.39 is 22.3 Å². The molecule has 4 aromatic rings. The number of morpholine rings is 1. The lowest BCUT2D eigenvalue weighted by molar-refractivity contribution is 0.0719. The highest BCUT2D eigenvalue weighted by Crippen LogP contribution is 2.29. The Kier molecular flexibility index (Phi) is 6.91. The molecule has 208 valence electrons. The second-order valence-electron chi connectivity index (χ2n) is 9.74. The lowest BCUT2D eigenvalue weighted by Crippen LogP contribution is -2.54. The molecule has 15 heteroatoms. The van der Waals surface area contributed by atoms with Crippen molar-refractivity contribution in [3.05, 3.63) is 42.7 Å². The maximum absolute atomic E-state index is 14.0. The van der Waals surface area contributed by atoms with Crippen molar-refractivity contribution < 1.29 is 21.9 Å². The number of hydrogen-bond donors (Lipinski definition) is 0. The number of rotatable bonds is 7. The van der Waals surface area contributed by atoms with Gasteiger partial charge in [0.2, 0.25) is 10.0 Å². The van der Waals surface area contributed by atoms with E-state index in [0.29, 0.717) is 68.1 Å². The molecule has 2 fully saturated rings. The number of benzene rings is 1. The van der Waals surface area contributed by atoms with E-state index in [1.165, 1.54) is 21.5 Å². The zero-order valence-corrected chi connectivity index (χ0v) is 22.2. The van der Waals surface area contributed by atoms with Gasteiger partial charge in [0.05, 0.1) is 43.1 Å². The second-order valence-corrected chi connectivity index (χ2v) is 11.7. The number of fused-ring (bicyclic) bond motifs is 2. The number of alkyl halides is 2. The summed E-state index contributed by atoms with van der Waals surface area (Å²) in [6, 6.07) is 6.96. The predicted molar refractivity (Wildman–Crippen MR) is 140 cm³/mol. The Bertz CT molecular complexity index is 1580. The Morgan fingerprint density at radius 2 is 1.87 bits per heavy atom. The number of aromatic nitrogens is 6. The molecule has 2 aliphatic rings. The van der Waals surface area contributed by atoms with Gasteiger partial charge in [-0.05, 0) is 18.6 Å². The molecule has 0 radical (unpaired) electrons. The van der Waals surface area contributed by atoms with Crippen LogP contribution in [0, 0.1) is 0 Å². The van der Waals surface area contributed by atoms with E-state index in [2.05, 4.69) is 29.8 Å². The molecular formula is C24H29F2N9O3S. The molecule has 5 heterocycles. The van der Waals surface area contributed by atoms with Gasteiger partial charge in [-0.3, -0.25) is 4.57 Å². The lowest BCUT2D eigenvalue weighted by atomic mass is 10.1. The highest BCUT2D eigenvalue weighted by molar-refractivity contribution is 7.88. The Hall–Kier alpha value is -3.27. The van der Waals surface area contributed by atoms with E-state index in [9.17, 15) is 17.2 Å². The van der Waals surface area contributed by atoms with Crippen LogP contribution in [0.5, 0.6) is 0 Å². The van der Waals surface area contributed by atoms with Crippen molar-refractivity contribution >= 4 is 32.2 Å². The summed E-state index contributed by atoms with van der Waals surface area (Å²) in [6.07, 6.45) is 2.24. The number of halogens is 2. The van der Waals surface area contributed by atoms with Gasteiger partial charge in [-0.15, -0.1) is 0 Å². The first kappa shape index (κ1) is 26.0. The third-order valence-electron chi connectivity index (χ3n) is 7.34. The van der Waals surface area contributed by atoms with E-state index in [1.807, 2.05) is 4.68 Å². The van der Waals surface area contributed by atoms with Crippen molar-refractivity contribution in [3.8, 4) is 5.82 Å². The van der Waals surface area contributed by atoms with E-state index in [-0.39, 0.29) is 11.9 Å². The molecule has 3 aromatic heterocycles. The molecule has 1 atom stereocenters. The minimum absolute atomic E-state index is 0.0215. The van der Waals surface area contributed by atoms with Gasteiger partial charge < -0.3 is 14.6 Å². The molecule has 0 spiro atoms. The van der Waals surface area contributed by atoms with Crippen molar-refractivity contribution in [1.82, 2.24) is 38.4 Å². The molecule has 0 aliphatic carbocycles. The Morgan fingerprint density at radius 1 is 1.08 bits per heavy atom. The van der Waals surface area contributed by atoms with E-state index in [1.54, 1.807) is 30.6 Å². The predicted octanol–water partition coefficient (Wildman–Crippen LogP) is 1.41. The highest BCUT2D eigenvalue weighted by atomic mass is 32.2. The average molecular weight is 562 g/mol. The number of hydrogen-bond acceptors (Lipinski definition) is 9. The summed E-state index contributed by atoms with van der Waals surface area (Å²) >= 11 is 0. The van der Waals surface area contributed by atoms with Crippen LogP contribution in [-0.2, 0) is 14.8 Å². The van der Waals surface area contributed by atoms with E-state index in [4.69, 9.17) is 4.74 Å². The topological polar surface area (TPSA) is 115 Å². The molecule has 2 saturated heterocycles. The first-order valence-electron chi connectivity index (χ1n) is 12.8. The maximum atomic E-state index is 14.0. The summed E-state index contributed by atoms with van der Waals surface area (Å²) in [5.41, 5.74) is 1.86. The normalized spacial score (nSPS) is 20.0. The second kappa shape index (κ2) is 10.4. The van der Waals surface area contributed by atoms with Crippen LogP contribution < -0.4 is 5.01 Å². The van der Waals surface area contributed by atoms with Crippen LogP contribution >= 0.6 is 0 Å². The fourth-order valence-electron chi connectivity index (χ4n) is 5.35. The molecular weight excluding hydrogens is 532 g/mol. The van der Waals surface area contributed by atoms with Crippen molar-refractivity contribution in [3.63, 3.8) is 0 Å². The van der Waals surface area contributed by atoms with Crippen molar-refractivity contribution in [2.45, 2.75) is 18.9 Å². The summed E-state index contributed by atoms with van der Waals surface area (Å²) in [7, 11) is -3.17. The third-order valence-corrected chi connectivity index (χ3v) is 8.65. The summed E-state index contributed by atoms with van der Waals surface area (Å²) in [5, 5.41) is 2.14. The summed E-state index contributed by atoms with van der Waals surface area (Å²) < 4.78 is 62.2. The highest BCUT2D eigenvalue weighted by Gasteiger charge is 2.29. The minimum Gasteiger partial charge on any atom is -0.377 e. The van der Waals surface area contributed by atoms with Crippen molar-refractivity contribution in [2.75, 3.05) is 63.7 Å². The standard InChI is InChI=1S/C24H29F2N9O3S/c1-39(36,37)32-10-8-31(9-11-32)7-6-17-14-38-13-12-33(17)34-16-29-20-22(34)27-15-28-23(20)35-19-5-3-2-4-18(19)30-24(35)21(25)26/h2-5,15-17,21H,6-14H2,1H3. The molecule has 12 nitrogen and oxygen atoms in total. The van der Waals surface area contributed by atoms with Crippen LogP contribution in [0.4, 0.5) is 8.78 Å². The van der Waals surface area contributed by atoms with Gasteiger partial charge in [0.1, 0.15) is 12.7 Å². The SMILES string of the molecule is CS(=O)(=O)N1CCN(CCC2COCCN2n2cnc3c(-n4c(C(F)F)nc5ccccc54)ncnc32)CC1. The van der Waals surface area contributed by atoms with Crippen molar-refractivity contribution in [2.24, 2.45) is 0 Å². The minimum atomic E-state index is -3.17. The van der Waals surface area contributed by atoms with Gasteiger partial charge in [-0.25, -0.2) is 41.8 Å². The van der Waals surface area contributed by atoms with E-state index >= 15 is 0 Å². The monoisotopic (exact) mass is 561 g/mol. The molecule has 1 unspecified atom stereocenters. The Morgan fingerprint density at radius 3 is 2.64 bits per heavy atom. The van der Waals surface area contributed by atoms with Gasteiger partial charge in [-0.2, -0.15) is 4.31 Å². The molecule has 39 heavy (non-hydrogen) atoms. The zero-order chi connectivity index (χ0) is 27.1. The molecule has 0 amide bonds. The van der Waals surface area contributed by atoms with Gasteiger partial charge in [-0.1, -0.05) is 12.1 Å². The number of para-hydroxylation sites is 2. The zero-order valence-electron chi connectivity index (χ0n) is 21.4. The van der Waals surface area contributed by atoms with Gasteiger partial charge in [0, 0.05) is 32.7 Å². The Balaban J connectivity index is 1.27. The smallest absolute Gasteiger partial charge is 0.296 e. The first-order chi connectivity index (χ1) is 18.8. The molecule has 0 N–H and O–H groups in total. The van der Waals surface area contributed by atoms with Gasteiger partial charge in [0.15, 0.2) is 22.8 Å². The quantitative estimate of drug-likeness (QED) is 0.330. The van der Waals surface area contributed by atoms with Crippen LogP contribution in [0.1, 0.15) is 18.7 Å². The van der Waals surface area contributed by atoms with Gasteiger partial charge >= 0.3 is 0 Å². The summed E-state index contributed by atoms with van der Waals surface area (Å²) in [4.78, 5) is 19.8. The largest absolute Gasteiger partial charge is 0.377 e. The molecule has 1 aromatic carbocycles. The van der Waals surface area contributed by atoms with Gasteiger partial charge in [0.25, 0.3) is 6.43 Å². The van der Waals surface area contributed by atoms with E-state index in [0.717, 1.165) is 13.0 Å². The van der Waals surface area contributed by atoms with Crippen LogP contribution in [0.2, 0.25) is 0 Å². The molecule has 0 saturated carbocycles. The molecule has 6 rings (SSSR count). The van der Waals surface area contributed by atoms with Crippen LogP contribution in [0.15, 0.2) is 36.9 Å². The van der Waals surface area contributed by atoms with Crippen LogP contribution in [0.25, 0.3) is 28.0 Å². The van der Waals surface area contributed by atoms with Crippen molar-refractivity contribution in [1.29, 1.82) is 0 Å².